The summed E-state index contributed by atoms with van der Waals surface area (Å²) in [4.78, 5) is 0. The maximum absolute atomic E-state index is 3.93. The van der Waals surface area contributed by atoms with Crippen molar-refractivity contribution >= 4 is 0 Å². The first kappa shape index (κ1) is 11.0. The van der Waals surface area contributed by atoms with Crippen LogP contribution in [0, 0.1) is 5.92 Å². The summed E-state index contributed by atoms with van der Waals surface area (Å²) in [5.41, 5.74) is 2.15. The Labute approximate surface area is 76.0 Å². The van der Waals surface area contributed by atoms with Crippen LogP contribution in [0.1, 0.15) is 20.8 Å². The Morgan fingerprint density at radius 2 is 1.67 bits per heavy atom. The second-order valence-corrected chi connectivity index (χ2v) is 3.14. The molecule has 0 nitrogen and oxygen atoms in total. The highest BCUT2D eigenvalue weighted by Gasteiger charge is 1.93. The van der Waals surface area contributed by atoms with Gasteiger partial charge >= 0.3 is 0 Å². The summed E-state index contributed by atoms with van der Waals surface area (Å²) < 4.78 is 0. The Kier molecular flexibility index (Phi) is 5.11. The molecule has 0 N–H and O–H groups in total. The van der Waals surface area contributed by atoms with Crippen LogP contribution in [0.5, 0.6) is 0 Å². The van der Waals surface area contributed by atoms with Gasteiger partial charge in [-0.1, -0.05) is 56.9 Å². The minimum atomic E-state index is 0.514. The minimum absolute atomic E-state index is 0.514. The second-order valence-electron chi connectivity index (χ2n) is 3.14. The third-order valence-corrected chi connectivity index (χ3v) is 1.63. The van der Waals surface area contributed by atoms with Crippen LogP contribution in [0.4, 0.5) is 0 Å². The summed E-state index contributed by atoms with van der Waals surface area (Å²) in [5.74, 6) is 0.514. The lowest BCUT2D eigenvalue weighted by Gasteiger charge is -2.02. The van der Waals surface area contributed by atoms with E-state index < -0.39 is 0 Å². The molecule has 0 atom stereocenters. The molecule has 0 aromatic carbocycles. The largest absolute Gasteiger partial charge is 0.0956 e. The molecule has 0 heterocycles. The van der Waals surface area contributed by atoms with Crippen molar-refractivity contribution in [3.05, 3.63) is 48.6 Å². The van der Waals surface area contributed by atoms with Crippen LogP contribution in [-0.2, 0) is 0 Å². The Balaban J connectivity index is 4.07. The monoisotopic (exact) mass is 162 g/mol. The fraction of sp³-hybridized carbons (Fsp3) is 0.333. The standard InChI is InChI=1S/C12H18/c1-6-7-11(4)8-9-12(5)10(2)3/h6-10H,4-5H2,1-3H3/b7-6+,9-8-. The Bertz CT molecular complexity index is 214. The number of allylic oxidation sites excluding steroid dienone is 6. The van der Waals surface area contributed by atoms with E-state index >= 15 is 0 Å². The van der Waals surface area contributed by atoms with Crippen molar-refractivity contribution in [1.29, 1.82) is 0 Å². The molecule has 0 aliphatic carbocycles. The molecule has 0 rings (SSSR count). The van der Waals surface area contributed by atoms with Gasteiger partial charge in [0.25, 0.3) is 0 Å². The summed E-state index contributed by atoms with van der Waals surface area (Å²) in [6.07, 6.45) is 7.96. The van der Waals surface area contributed by atoms with Crippen LogP contribution < -0.4 is 0 Å². The van der Waals surface area contributed by atoms with Gasteiger partial charge in [0, 0.05) is 0 Å². The van der Waals surface area contributed by atoms with Crippen molar-refractivity contribution in [2.24, 2.45) is 5.92 Å². The molecule has 0 aromatic heterocycles. The summed E-state index contributed by atoms with van der Waals surface area (Å²) in [5, 5.41) is 0. The van der Waals surface area contributed by atoms with Gasteiger partial charge < -0.3 is 0 Å². The molecule has 66 valence electrons. The van der Waals surface area contributed by atoms with Gasteiger partial charge in [0.15, 0.2) is 0 Å². The molecule has 0 unspecified atom stereocenters. The first-order chi connectivity index (χ1) is 5.57. The number of hydrogen-bond donors (Lipinski definition) is 0. The normalized spacial score (nSPS) is 11.7. The van der Waals surface area contributed by atoms with Crippen LogP contribution in [0.2, 0.25) is 0 Å². The molecule has 0 bridgehead atoms. The first-order valence-electron chi connectivity index (χ1n) is 4.26. The van der Waals surface area contributed by atoms with Crippen molar-refractivity contribution in [3.63, 3.8) is 0 Å². The Hall–Kier alpha value is -1.04. The van der Waals surface area contributed by atoms with Gasteiger partial charge in [-0.2, -0.15) is 0 Å². The van der Waals surface area contributed by atoms with E-state index in [0.29, 0.717) is 5.92 Å². The van der Waals surface area contributed by atoms with Crippen molar-refractivity contribution in [2.75, 3.05) is 0 Å². The molecule has 0 saturated heterocycles. The van der Waals surface area contributed by atoms with Gasteiger partial charge in [0.05, 0.1) is 0 Å². The highest BCUT2D eigenvalue weighted by molar-refractivity contribution is 5.31. The Morgan fingerprint density at radius 1 is 1.08 bits per heavy atom. The molecule has 0 fully saturated rings. The zero-order valence-corrected chi connectivity index (χ0v) is 8.30. The highest BCUT2D eigenvalue weighted by Crippen LogP contribution is 2.09. The van der Waals surface area contributed by atoms with Crippen LogP contribution in [-0.4, -0.2) is 0 Å². The molecule has 0 aliphatic heterocycles. The van der Waals surface area contributed by atoms with Crippen molar-refractivity contribution in [3.8, 4) is 0 Å². The van der Waals surface area contributed by atoms with E-state index in [-0.39, 0.29) is 0 Å². The summed E-state index contributed by atoms with van der Waals surface area (Å²) in [6.45, 7) is 14.0. The van der Waals surface area contributed by atoms with Gasteiger partial charge in [-0.15, -0.1) is 0 Å². The highest BCUT2D eigenvalue weighted by atomic mass is 14.0. The number of rotatable bonds is 4. The predicted molar refractivity (Wildman–Crippen MR) is 57.1 cm³/mol. The molecular weight excluding hydrogens is 144 g/mol. The average molecular weight is 162 g/mol. The van der Waals surface area contributed by atoms with Gasteiger partial charge in [0.2, 0.25) is 0 Å². The molecule has 0 heteroatoms. The topological polar surface area (TPSA) is 0 Å². The van der Waals surface area contributed by atoms with Crippen molar-refractivity contribution in [2.45, 2.75) is 20.8 Å². The molecular formula is C12H18. The van der Waals surface area contributed by atoms with Crippen LogP contribution in [0.3, 0.4) is 0 Å². The molecule has 0 saturated carbocycles. The summed E-state index contributed by atoms with van der Waals surface area (Å²) >= 11 is 0. The summed E-state index contributed by atoms with van der Waals surface area (Å²) in [6, 6.07) is 0. The third kappa shape index (κ3) is 4.73. The number of hydrogen-bond acceptors (Lipinski definition) is 0. The van der Waals surface area contributed by atoms with E-state index in [1.165, 1.54) is 0 Å². The van der Waals surface area contributed by atoms with Crippen molar-refractivity contribution < 1.29 is 0 Å². The van der Waals surface area contributed by atoms with Gasteiger partial charge in [-0.3, -0.25) is 0 Å². The second kappa shape index (κ2) is 5.59. The lowest BCUT2D eigenvalue weighted by atomic mass is 10.0. The Morgan fingerprint density at radius 3 is 2.08 bits per heavy atom. The van der Waals surface area contributed by atoms with Crippen LogP contribution >= 0.6 is 0 Å². The van der Waals surface area contributed by atoms with Gasteiger partial charge in [-0.05, 0) is 18.4 Å². The SMILES string of the molecule is C=C(/C=C\C(=C)C(C)C)/C=C/C. The molecule has 0 amide bonds. The lowest BCUT2D eigenvalue weighted by Crippen LogP contribution is -1.87. The van der Waals surface area contributed by atoms with E-state index in [0.717, 1.165) is 11.1 Å². The molecule has 0 aliphatic rings. The fourth-order valence-electron chi connectivity index (χ4n) is 0.676. The quantitative estimate of drug-likeness (QED) is 0.550. The predicted octanol–water partition coefficient (Wildman–Crippen LogP) is 3.89. The summed E-state index contributed by atoms with van der Waals surface area (Å²) in [7, 11) is 0. The van der Waals surface area contributed by atoms with Crippen molar-refractivity contribution in [1.82, 2.24) is 0 Å². The molecule has 12 heavy (non-hydrogen) atoms. The van der Waals surface area contributed by atoms with E-state index in [2.05, 4.69) is 27.0 Å². The molecule has 0 radical (unpaired) electrons. The fourth-order valence-corrected chi connectivity index (χ4v) is 0.676. The minimum Gasteiger partial charge on any atom is -0.0956 e. The average Bonchev–Trinajstić information content (AvgIpc) is 2.00. The zero-order valence-electron chi connectivity index (χ0n) is 8.30. The molecule has 0 spiro atoms. The third-order valence-electron chi connectivity index (χ3n) is 1.63. The van der Waals surface area contributed by atoms with Crippen LogP contribution in [0.15, 0.2) is 48.6 Å². The van der Waals surface area contributed by atoms with Gasteiger partial charge in [-0.25, -0.2) is 0 Å². The van der Waals surface area contributed by atoms with E-state index in [4.69, 9.17) is 0 Å². The zero-order chi connectivity index (χ0) is 9.56. The van der Waals surface area contributed by atoms with E-state index in [1.807, 2.05) is 31.2 Å². The maximum Gasteiger partial charge on any atom is -0.0225 e. The van der Waals surface area contributed by atoms with E-state index in [9.17, 15) is 0 Å². The maximum atomic E-state index is 3.93. The van der Waals surface area contributed by atoms with Gasteiger partial charge in [0.1, 0.15) is 0 Å². The molecule has 0 aromatic rings. The first-order valence-corrected chi connectivity index (χ1v) is 4.26. The smallest absolute Gasteiger partial charge is 0.0225 e. The van der Waals surface area contributed by atoms with Crippen LogP contribution in [0.25, 0.3) is 0 Å². The van der Waals surface area contributed by atoms with E-state index in [1.54, 1.807) is 0 Å². The lowest BCUT2D eigenvalue weighted by molar-refractivity contribution is 0.795.